The molecule has 0 fully saturated rings. The van der Waals surface area contributed by atoms with Gasteiger partial charge in [0.05, 0.1) is 0 Å². The maximum atomic E-state index is 5.50. The van der Waals surface area contributed by atoms with Crippen LogP contribution in [0.1, 0.15) is 5.69 Å². The van der Waals surface area contributed by atoms with E-state index < -0.39 is 0 Å². The number of aromatic nitrogens is 3. The van der Waals surface area contributed by atoms with Crippen molar-refractivity contribution in [1.82, 2.24) is 14.6 Å². The van der Waals surface area contributed by atoms with Crippen LogP contribution in [0.2, 0.25) is 0 Å². The van der Waals surface area contributed by atoms with E-state index in [1.54, 1.807) is 0 Å². The molecule has 0 aliphatic heterocycles. The molecule has 0 aliphatic rings. The number of halogens is 1. The molecule has 0 saturated heterocycles. The van der Waals surface area contributed by atoms with Gasteiger partial charge in [0, 0.05) is 12.1 Å². The second-order valence-corrected chi connectivity index (χ2v) is 3.43. The highest BCUT2D eigenvalue weighted by atomic mass is 79.9. The number of nitrogens with two attached hydrogens (primary N) is 1. The molecule has 2 N–H and O–H groups in total. The standard InChI is InChI=1S/C8H9BrN4/c9-8-12-11-7-3-1-2-6(4-5-10)13(7)8/h1-3H,4-5,10H2. The van der Waals surface area contributed by atoms with Crippen molar-refractivity contribution in [3.8, 4) is 0 Å². The van der Waals surface area contributed by atoms with Gasteiger partial charge >= 0.3 is 0 Å². The van der Waals surface area contributed by atoms with Gasteiger partial charge in [0.25, 0.3) is 0 Å². The number of nitrogens with zero attached hydrogens (tertiary/aromatic N) is 3. The van der Waals surface area contributed by atoms with Crippen LogP contribution in [0.5, 0.6) is 0 Å². The molecule has 0 unspecified atom stereocenters. The Morgan fingerprint density at radius 2 is 2.23 bits per heavy atom. The zero-order valence-corrected chi connectivity index (χ0v) is 8.53. The third kappa shape index (κ3) is 1.45. The summed E-state index contributed by atoms with van der Waals surface area (Å²) in [5.74, 6) is 0. The molecule has 2 aromatic heterocycles. The normalized spacial score (nSPS) is 10.9. The molecule has 0 spiro atoms. The summed E-state index contributed by atoms with van der Waals surface area (Å²) < 4.78 is 2.68. The largest absolute Gasteiger partial charge is 0.330 e. The van der Waals surface area contributed by atoms with Crippen molar-refractivity contribution in [2.45, 2.75) is 6.42 Å². The minimum absolute atomic E-state index is 0.629. The molecular weight excluding hydrogens is 232 g/mol. The summed E-state index contributed by atoms with van der Waals surface area (Å²) in [4.78, 5) is 0. The first-order chi connectivity index (χ1) is 6.33. The summed E-state index contributed by atoms with van der Waals surface area (Å²) >= 11 is 3.34. The summed E-state index contributed by atoms with van der Waals surface area (Å²) in [6.07, 6.45) is 0.827. The second kappa shape index (κ2) is 3.43. The van der Waals surface area contributed by atoms with Gasteiger partial charge in [-0.2, -0.15) is 0 Å². The first kappa shape index (κ1) is 8.65. The van der Waals surface area contributed by atoms with Crippen LogP contribution in [-0.4, -0.2) is 21.1 Å². The predicted octanol–water partition coefficient (Wildman–Crippen LogP) is 0.993. The van der Waals surface area contributed by atoms with Crippen LogP contribution >= 0.6 is 15.9 Å². The maximum absolute atomic E-state index is 5.50. The van der Waals surface area contributed by atoms with Gasteiger partial charge in [0.2, 0.25) is 4.73 Å². The van der Waals surface area contributed by atoms with E-state index >= 15 is 0 Å². The number of rotatable bonds is 2. The van der Waals surface area contributed by atoms with Gasteiger partial charge in [-0.15, -0.1) is 10.2 Å². The highest BCUT2D eigenvalue weighted by Gasteiger charge is 2.04. The van der Waals surface area contributed by atoms with Gasteiger partial charge in [-0.25, -0.2) is 0 Å². The average Bonchev–Trinajstić information content (AvgIpc) is 2.50. The molecule has 2 aromatic rings. The summed E-state index contributed by atoms with van der Waals surface area (Å²) in [6.45, 7) is 0.629. The van der Waals surface area contributed by atoms with Gasteiger partial charge < -0.3 is 5.73 Å². The van der Waals surface area contributed by atoms with Crippen LogP contribution < -0.4 is 5.73 Å². The predicted molar refractivity (Wildman–Crippen MR) is 53.4 cm³/mol. The van der Waals surface area contributed by atoms with E-state index in [0.717, 1.165) is 22.5 Å². The van der Waals surface area contributed by atoms with E-state index in [0.29, 0.717) is 6.54 Å². The Kier molecular flexibility index (Phi) is 2.28. The highest BCUT2D eigenvalue weighted by Crippen LogP contribution is 2.13. The molecule has 0 atom stereocenters. The molecule has 2 heterocycles. The van der Waals surface area contributed by atoms with Gasteiger partial charge in [-0.3, -0.25) is 4.40 Å². The maximum Gasteiger partial charge on any atom is 0.204 e. The van der Waals surface area contributed by atoms with Crippen molar-refractivity contribution < 1.29 is 0 Å². The third-order valence-corrected chi connectivity index (χ3v) is 2.38. The van der Waals surface area contributed by atoms with Crippen LogP contribution in [0, 0.1) is 0 Å². The van der Waals surface area contributed by atoms with Crippen LogP contribution in [0.4, 0.5) is 0 Å². The minimum atomic E-state index is 0.629. The Balaban J connectivity index is 2.65. The molecule has 13 heavy (non-hydrogen) atoms. The SMILES string of the molecule is NCCc1cccc2nnc(Br)n12. The first-order valence-corrected chi connectivity index (χ1v) is 4.81. The van der Waals surface area contributed by atoms with Crippen LogP contribution in [0.25, 0.3) is 5.65 Å². The van der Waals surface area contributed by atoms with E-state index in [4.69, 9.17) is 5.73 Å². The number of hydrogen-bond acceptors (Lipinski definition) is 3. The molecule has 0 amide bonds. The Morgan fingerprint density at radius 1 is 1.38 bits per heavy atom. The average molecular weight is 241 g/mol. The molecule has 0 aromatic carbocycles. The Hall–Kier alpha value is -0.940. The topological polar surface area (TPSA) is 56.2 Å². The number of hydrogen-bond donors (Lipinski definition) is 1. The van der Waals surface area contributed by atoms with Gasteiger partial charge in [-0.05, 0) is 34.6 Å². The fourth-order valence-corrected chi connectivity index (χ4v) is 1.80. The van der Waals surface area contributed by atoms with E-state index in [1.165, 1.54) is 0 Å². The summed E-state index contributed by atoms with van der Waals surface area (Å²) in [6, 6.07) is 5.90. The van der Waals surface area contributed by atoms with E-state index in [9.17, 15) is 0 Å². The lowest BCUT2D eigenvalue weighted by molar-refractivity contribution is 0.882. The van der Waals surface area contributed by atoms with Gasteiger partial charge in [0.15, 0.2) is 5.65 Å². The van der Waals surface area contributed by atoms with Crippen molar-refractivity contribution in [2.24, 2.45) is 5.73 Å². The van der Waals surface area contributed by atoms with Gasteiger partial charge in [-0.1, -0.05) is 6.07 Å². The highest BCUT2D eigenvalue weighted by molar-refractivity contribution is 9.10. The zero-order chi connectivity index (χ0) is 9.26. The van der Waals surface area contributed by atoms with Crippen LogP contribution in [0.3, 0.4) is 0 Å². The van der Waals surface area contributed by atoms with E-state index in [-0.39, 0.29) is 0 Å². The van der Waals surface area contributed by atoms with Gasteiger partial charge in [0.1, 0.15) is 0 Å². The Bertz CT molecular complexity index is 423. The summed E-state index contributed by atoms with van der Waals surface area (Å²) in [7, 11) is 0. The smallest absolute Gasteiger partial charge is 0.204 e. The summed E-state index contributed by atoms with van der Waals surface area (Å²) in [5.41, 5.74) is 7.47. The molecular formula is C8H9BrN4. The molecule has 68 valence electrons. The quantitative estimate of drug-likeness (QED) is 0.853. The second-order valence-electron chi connectivity index (χ2n) is 2.72. The van der Waals surface area contributed by atoms with Crippen molar-refractivity contribution >= 4 is 21.6 Å². The lowest BCUT2D eigenvalue weighted by Crippen LogP contribution is -2.06. The van der Waals surface area contributed by atoms with E-state index in [1.807, 2.05) is 22.6 Å². The zero-order valence-electron chi connectivity index (χ0n) is 6.94. The fourth-order valence-electron chi connectivity index (χ4n) is 1.31. The molecule has 0 aliphatic carbocycles. The van der Waals surface area contributed by atoms with Crippen LogP contribution in [0.15, 0.2) is 22.9 Å². The number of fused-ring (bicyclic) bond motifs is 1. The lowest BCUT2D eigenvalue weighted by Gasteiger charge is -2.02. The van der Waals surface area contributed by atoms with Crippen molar-refractivity contribution in [3.05, 3.63) is 28.6 Å². The Labute approximate surface area is 83.9 Å². The minimum Gasteiger partial charge on any atom is -0.330 e. The molecule has 0 saturated carbocycles. The first-order valence-electron chi connectivity index (χ1n) is 4.01. The Morgan fingerprint density at radius 3 is 3.00 bits per heavy atom. The van der Waals surface area contributed by atoms with E-state index in [2.05, 4.69) is 26.1 Å². The van der Waals surface area contributed by atoms with Crippen molar-refractivity contribution in [2.75, 3.05) is 6.54 Å². The van der Waals surface area contributed by atoms with Crippen LogP contribution in [-0.2, 0) is 6.42 Å². The lowest BCUT2D eigenvalue weighted by atomic mass is 10.2. The fraction of sp³-hybridized carbons (Fsp3) is 0.250. The molecule has 0 bridgehead atoms. The van der Waals surface area contributed by atoms with Crippen molar-refractivity contribution in [1.29, 1.82) is 0 Å². The molecule has 5 heteroatoms. The molecule has 4 nitrogen and oxygen atoms in total. The van der Waals surface area contributed by atoms with Crippen molar-refractivity contribution in [3.63, 3.8) is 0 Å². The monoisotopic (exact) mass is 240 g/mol. The molecule has 2 rings (SSSR count). The molecule has 0 radical (unpaired) electrons. The third-order valence-electron chi connectivity index (χ3n) is 1.87. The number of pyridine rings is 1. The summed E-state index contributed by atoms with van der Waals surface area (Å²) in [5, 5.41) is 7.91.